The molecule has 33 heavy (non-hydrogen) atoms. The van der Waals surface area contributed by atoms with Crippen molar-refractivity contribution < 1.29 is 14.3 Å². The predicted molar refractivity (Wildman–Crippen MR) is 126 cm³/mol. The fourth-order valence-corrected chi connectivity index (χ4v) is 4.24. The minimum Gasteiger partial charge on any atom is -0.497 e. The van der Waals surface area contributed by atoms with E-state index in [9.17, 15) is 9.59 Å². The minimum absolute atomic E-state index is 0.0244. The second-order valence-corrected chi connectivity index (χ2v) is 8.05. The number of nitrogens with one attached hydrogen (secondary N) is 2. The Hall–Kier alpha value is -3.94. The summed E-state index contributed by atoms with van der Waals surface area (Å²) in [7, 11) is 1.60. The second-order valence-electron chi connectivity index (χ2n) is 8.05. The number of hydrogen-bond acceptors (Lipinski definition) is 6. The molecule has 4 rings (SSSR count). The Morgan fingerprint density at radius 2 is 1.70 bits per heavy atom. The molecule has 1 saturated heterocycles. The number of hydrazine groups is 1. The summed E-state index contributed by atoms with van der Waals surface area (Å²) in [5.74, 6) is 0.314. The number of piperidine rings is 1. The number of nitrogens with zero attached hydrogens (tertiary/aromatic N) is 3. The summed E-state index contributed by atoms with van der Waals surface area (Å²) in [5, 5.41) is 0. The number of hydrogen-bond donors (Lipinski definition) is 2. The van der Waals surface area contributed by atoms with Gasteiger partial charge in [-0.1, -0.05) is 30.3 Å². The van der Waals surface area contributed by atoms with E-state index in [1.165, 1.54) is 0 Å². The smallest absolute Gasteiger partial charge is 0.243 e. The topological polar surface area (TPSA) is 96.5 Å². The summed E-state index contributed by atoms with van der Waals surface area (Å²) in [6, 6.07) is 18.3. The second kappa shape index (κ2) is 9.68. The number of carbonyl (C=O) groups is 2. The first-order valence-corrected chi connectivity index (χ1v) is 10.9. The van der Waals surface area contributed by atoms with Crippen molar-refractivity contribution in [2.75, 3.05) is 17.4 Å². The van der Waals surface area contributed by atoms with Gasteiger partial charge < -0.3 is 9.64 Å². The first-order chi connectivity index (χ1) is 16.0. The zero-order valence-electron chi connectivity index (χ0n) is 18.9. The molecule has 1 aliphatic rings. The van der Waals surface area contributed by atoms with Gasteiger partial charge in [0.1, 0.15) is 5.75 Å². The van der Waals surface area contributed by atoms with Gasteiger partial charge in [-0.2, -0.15) is 0 Å². The van der Waals surface area contributed by atoms with Crippen molar-refractivity contribution in [2.45, 2.75) is 32.7 Å². The van der Waals surface area contributed by atoms with Gasteiger partial charge in [0.15, 0.2) is 0 Å². The molecule has 0 aliphatic carbocycles. The van der Waals surface area contributed by atoms with E-state index in [4.69, 9.17) is 4.74 Å². The molecule has 0 saturated carbocycles. The van der Waals surface area contributed by atoms with Gasteiger partial charge in [0, 0.05) is 23.5 Å². The highest BCUT2D eigenvalue weighted by Gasteiger charge is 2.41. The van der Waals surface area contributed by atoms with E-state index < -0.39 is 12.0 Å². The van der Waals surface area contributed by atoms with Crippen LogP contribution in [0.15, 0.2) is 60.7 Å². The molecule has 1 fully saturated rings. The summed E-state index contributed by atoms with van der Waals surface area (Å²) in [6.07, 6.45) is 0.708. The number of aromatic nitrogens is 2. The fourth-order valence-electron chi connectivity index (χ4n) is 4.24. The lowest BCUT2D eigenvalue weighted by Crippen LogP contribution is -2.49. The van der Waals surface area contributed by atoms with Gasteiger partial charge in [-0.15, -0.1) is 0 Å². The lowest BCUT2D eigenvalue weighted by molar-refractivity contribution is -0.129. The third kappa shape index (κ3) is 4.95. The van der Waals surface area contributed by atoms with Crippen LogP contribution < -0.4 is 20.5 Å². The van der Waals surface area contributed by atoms with Crippen molar-refractivity contribution >= 4 is 23.5 Å². The number of ether oxygens (including phenoxy) is 1. The van der Waals surface area contributed by atoms with Crippen LogP contribution in [0.2, 0.25) is 0 Å². The summed E-state index contributed by atoms with van der Waals surface area (Å²) in [4.78, 5) is 36.7. The van der Waals surface area contributed by atoms with E-state index in [-0.39, 0.29) is 18.2 Å². The van der Waals surface area contributed by atoms with Crippen LogP contribution in [-0.4, -0.2) is 28.9 Å². The molecule has 170 valence electrons. The Labute approximate surface area is 193 Å². The monoisotopic (exact) mass is 445 g/mol. The van der Waals surface area contributed by atoms with Crippen molar-refractivity contribution in [3.05, 3.63) is 77.6 Å². The molecule has 8 heteroatoms. The molecule has 2 atom stereocenters. The number of amides is 2. The largest absolute Gasteiger partial charge is 0.497 e. The van der Waals surface area contributed by atoms with Gasteiger partial charge in [0.2, 0.25) is 17.8 Å². The number of rotatable bonds is 6. The molecule has 1 aromatic heterocycles. The summed E-state index contributed by atoms with van der Waals surface area (Å²) < 4.78 is 5.26. The first-order valence-electron chi connectivity index (χ1n) is 10.9. The number of methoxy groups -OCH3 is 1. The van der Waals surface area contributed by atoms with Gasteiger partial charge in [-0.25, -0.2) is 9.97 Å². The van der Waals surface area contributed by atoms with Crippen molar-refractivity contribution in [1.82, 2.24) is 15.4 Å². The van der Waals surface area contributed by atoms with Gasteiger partial charge in [0.25, 0.3) is 0 Å². The Balaban J connectivity index is 1.63. The highest BCUT2D eigenvalue weighted by atomic mass is 16.5. The zero-order chi connectivity index (χ0) is 23.4. The van der Waals surface area contributed by atoms with Gasteiger partial charge >= 0.3 is 0 Å². The Bertz CT molecular complexity index is 1110. The van der Waals surface area contributed by atoms with Crippen LogP contribution in [0.3, 0.4) is 0 Å². The molecule has 8 nitrogen and oxygen atoms in total. The molecular weight excluding hydrogens is 418 g/mol. The molecule has 0 unspecified atom stereocenters. The molecule has 0 bridgehead atoms. The molecule has 1 aliphatic heterocycles. The summed E-state index contributed by atoms with van der Waals surface area (Å²) in [5.41, 5.74) is 8.81. The Morgan fingerprint density at radius 1 is 1.03 bits per heavy atom. The van der Waals surface area contributed by atoms with Crippen molar-refractivity contribution in [3.63, 3.8) is 0 Å². The van der Waals surface area contributed by atoms with E-state index in [2.05, 4.69) is 20.8 Å². The molecule has 2 N–H and O–H groups in total. The van der Waals surface area contributed by atoms with E-state index >= 15 is 0 Å². The SMILES string of the molecule is COc1ccc(N2C(=O)CC[C@@H](C(=O)NNc3nc(C)cc(C)n3)[C@@H]2c2ccccc2)cc1. The Kier molecular flexibility index (Phi) is 6.53. The lowest BCUT2D eigenvalue weighted by atomic mass is 9.83. The lowest BCUT2D eigenvalue weighted by Gasteiger charge is -2.40. The van der Waals surface area contributed by atoms with Crippen LogP contribution in [-0.2, 0) is 9.59 Å². The average Bonchev–Trinajstić information content (AvgIpc) is 2.82. The minimum atomic E-state index is -0.467. The van der Waals surface area contributed by atoms with Crippen molar-refractivity contribution in [3.8, 4) is 5.75 Å². The molecule has 0 spiro atoms. The zero-order valence-corrected chi connectivity index (χ0v) is 18.9. The summed E-state index contributed by atoms with van der Waals surface area (Å²) in [6.45, 7) is 3.74. The fraction of sp³-hybridized carbons (Fsp3) is 0.280. The van der Waals surface area contributed by atoms with Crippen LogP contribution in [0.5, 0.6) is 5.75 Å². The maximum Gasteiger partial charge on any atom is 0.243 e. The van der Waals surface area contributed by atoms with Gasteiger partial charge in [-0.05, 0) is 56.2 Å². The van der Waals surface area contributed by atoms with Gasteiger partial charge in [0.05, 0.1) is 19.1 Å². The maximum atomic E-state index is 13.3. The molecule has 2 aromatic carbocycles. The number of benzene rings is 2. The highest BCUT2D eigenvalue weighted by molar-refractivity contribution is 5.97. The summed E-state index contributed by atoms with van der Waals surface area (Å²) >= 11 is 0. The van der Waals surface area contributed by atoms with E-state index in [0.717, 1.165) is 22.6 Å². The highest BCUT2D eigenvalue weighted by Crippen LogP contribution is 2.40. The van der Waals surface area contributed by atoms with Crippen molar-refractivity contribution in [2.24, 2.45) is 5.92 Å². The molecule has 2 heterocycles. The first kappa shape index (κ1) is 22.3. The molecule has 2 amide bonds. The predicted octanol–water partition coefficient (Wildman–Crippen LogP) is 3.73. The number of aryl methyl sites for hydroxylation is 2. The number of carbonyl (C=O) groups excluding carboxylic acids is 2. The van der Waals surface area contributed by atoms with E-state index in [0.29, 0.717) is 18.1 Å². The molecule has 0 radical (unpaired) electrons. The van der Waals surface area contributed by atoms with Crippen LogP contribution in [0.4, 0.5) is 11.6 Å². The maximum absolute atomic E-state index is 13.3. The van der Waals surface area contributed by atoms with Gasteiger partial charge in [-0.3, -0.25) is 20.4 Å². The van der Waals surface area contributed by atoms with Crippen molar-refractivity contribution in [1.29, 1.82) is 0 Å². The number of anilines is 2. The third-order valence-corrected chi connectivity index (χ3v) is 5.71. The van der Waals surface area contributed by atoms with Crippen LogP contribution in [0, 0.1) is 19.8 Å². The normalized spacial score (nSPS) is 18.0. The molecule has 3 aromatic rings. The van der Waals surface area contributed by atoms with Crippen LogP contribution in [0.1, 0.15) is 35.8 Å². The Morgan fingerprint density at radius 3 is 2.33 bits per heavy atom. The average molecular weight is 446 g/mol. The third-order valence-electron chi connectivity index (χ3n) is 5.71. The van der Waals surface area contributed by atoms with Crippen LogP contribution in [0.25, 0.3) is 0 Å². The quantitative estimate of drug-likeness (QED) is 0.561. The van der Waals surface area contributed by atoms with E-state index in [1.807, 2.05) is 74.5 Å². The standard InChI is InChI=1S/C25H27N5O3/c1-16-15-17(2)27-25(26-16)29-28-24(32)21-13-14-22(31)30(19-9-11-20(33-3)12-10-19)23(21)18-7-5-4-6-8-18/h4-12,15,21,23H,13-14H2,1-3H3,(H,28,32)(H,26,27,29)/t21-,23+/m1/s1. The van der Waals surface area contributed by atoms with Crippen LogP contribution >= 0.6 is 0 Å². The van der Waals surface area contributed by atoms with E-state index in [1.54, 1.807) is 12.0 Å². The molecular formula is C25H27N5O3.